The molecule has 7 nitrogen and oxygen atoms in total. The van der Waals surface area contributed by atoms with Crippen molar-refractivity contribution in [3.05, 3.63) is 65.9 Å². The van der Waals surface area contributed by atoms with E-state index in [0.29, 0.717) is 29.6 Å². The Bertz CT molecular complexity index is 932. The molecule has 0 atom stereocenters. The molecule has 0 bridgehead atoms. The predicted molar refractivity (Wildman–Crippen MR) is 108 cm³/mol. The molecule has 4 rings (SSSR count). The number of nitrogens with one attached hydrogen (secondary N) is 2. The Hall–Kier alpha value is -3.35. The van der Waals surface area contributed by atoms with E-state index in [1.807, 2.05) is 25.1 Å². The standard InChI is InChI=1S/C21H23N5O2/c1-15-13-19(20(27)22-14-18-5-4-12-28-18)25-21(23-15)24-16-6-8-17(9-7-16)26-10-2-3-11-26/h4-9,12-13H,2-3,10-11,14H2,1H3,(H,22,27)(H,23,24,25). The van der Waals surface area contributed by atoms with Gasteiger partial charge in [-0.3, -0.25) is 4.79 Å². The van der Waals surface area contributed by atoms with Gasteiger partial charge < -0.3 is 20.0 Å². The van der Waals surface area contributed by atoms with Crippen LogP contribution in [0.3, 0.4) is 0 Å². The molecule has 1 aliphatic heterocycles. The average Bonchev–Trinajstić information content (AvgIpc) is 3.40. The third kappa shape index (κ3) is 4.31. The fraction of sp³-hybridized carbons (Fsp3) is 0.286. The number of aryl methyl sites for hydroxylation is 1. The first kappa shape index (κ1) is 18.0. The van der Waals surface area contributed by atoms with Gasteiger partial charge in [-0.25, -0.2) is 9.97 Å². The highest BCUT2D eigenvalue weighted by atomic mass is 16.3. The summed E-state index contributed by atoms with van der Waals surface area (Å²) in [5, 5.41) is 5.99. The largest absolute Gasteiger partial charge is 0.467 e. The monoisotopic (exact) mass is 377 g/mol. The Morgan fingerprint density at radius 2 is 1.93 bits per heavy atom. The number of carbonyl (C=O) groups excluding carboxylic acids is 1. The smallest absolute Gasteiger partial charge is 0.270 e. The van der Waals surface area contributed by atoms with E-state index < -0.39 is 0 Å². The number of carbonyl (C=O) groups is 1. The van der Waals surface area contributed by atoms with E-state index in [1.54, 1.807) is 18.4 Å². The zero-order valence-corrected chi connectivity index (χ0v) is 15.8. The first-order valence-electron chi connectivity index (χ1n) is 9.46. The summed E-state index contributed by atoms with van der Waals surface area (Å²) >= 11 is 0. The number of aromatic nitrogens is 2. The molecule has 0 unspecified atom stereocenters. The van der Waals surface area contributed by atoms with Crippen LogP contribution in [0.25, 0.3) is 0 Å². The fourth-order valence-electron chi connectivity index (χ4n) is 3.27. The molecule has 0 spiro atoms. The number of amides is 1. The average molecular weight is 377 g/mol. The summed E-state index contributed by atoms with van der Waals surface area (Å²) in [7, 11) is 0. The lowest BCUT2D eigenvalue weighted by atomic mass is 10.2. The van der Waals surface area contributed by atoms with Crippen LogP contribution in [0.4, 0.5) is 17.3 Å². The zero-order chi connectivity index (χ0) is 19.3. The molecule has 0 saturated carbocycles. The maximum atomic E-state index is 12.4. The van der Waals surface area contributed by atoms with Crippen LogP contribution < -0.4 is 15.5 Å². The molecule has 1 aliphatic rings. The van der Waals surface area contributed by atoms with Crippen molar-refractivity contribution < 1.29 is 9.21 Å². The molecule has 144 valence electrons. The highest BCUT2D eigenvalue weighted by Gasteiger charge is 2.13. The molecule has 3 heterocycles. The lowest BCUT2D eigenvalue weighted by Gasteiger charge is -2.17. The van der Waals surface area contributed by atoms with E-state index in [-0.39, 0.29) is 5.91 Å². The van der Waals surface area contributed by atoms with Gasteiger partial charge in [0.05, 0.1) is 12.8 Å². The molecule has 1 fully saturated rings. The van der Waals surface area contributed by atoms with Gasteiger partial charge in [0.2, 0.25) is 5.95 Å². The summed E-state index contributed by atoms with van der Waals surface area (Å²) in [6.07, 6.45) is 4.08. The van der Waals surface area contributed by atoms with Crippen LogP contribution in [0.15, 0.2) is 53.1 Å². The number of hydrogen-bond acceptors (Lipinski definition) is 6. The van der Waals surface area contributed by atoms with Gasteiger partial charge in [-0.1, -0.05) is 0 Å². The zero-order valence-electron chi connectivity index (χ0n) is 15.8. The Balaban J connectivity index is 1.43. The van der Waals surface area contributed by atoms with Gasteiger partial charge in [0.1, 0.15) is 11.5 Å². The maximum Gasteiger partial charge on any atom is 0.270 e. The van der Waals surface area contributed by atoms with E-state index in [0.717, 1.165) is 18.8 Å². The van der Waals surface area contributed by atoms with Gasteiger partial charge in [-0.05, 0) is 62.2 Å². The van der Waals surface area contributed by atoms with Gasteiger partial charge in [-0.2, -0.15) is 0 Å². The number of furan rings is 1. The molecule has 0 radical (unpaired) electrons. The molecular formula is C21H23N5O2. The molecule has 1 amide bonds. The second-order valence-corrected chi connectivity index (χ2v) is 6.85. The number of rotatable bonds is 6. The van der Waals surface area contributed by atoms with Crippen LogP contribution in [0.1, 0.15) is 34.8 Å². The molecule has 28 heavy (non-hydrogen) atoms. The Morgan fingerprint density at radius 1 is 1.14 bits per heavy atom. The van der Waals surface area contributed by atoms with Crippen molar-refractivity contribution in [1.82, 2.24) is 15.3 Å². The quantitative estimate of drug-likeness (QED) is 0.682. The molecule has 3 aromatic rings. The van der Waals surface area contributed by atoms with E-state index >= 15 is 0 Å². The van der Waals surface area contributed by atoms with Crippen molar-refractivity contribution in [1.29, 1.82) is 0 Å². The van der Waals surface area contributed by atoms with Crippen molar-refractivity contribution in [3.8, 4) is 0 Å². The van der Waals surface area contributed by atoms with Crippen LogP contribution in [-0.4, -0.2) is 29.0 Å². The Labute approximate surface area is 163 Å². The van der Waals surface area contributed by atoms with Crippen molar-refractivity contribution in [2.75, 3.05) is 23.3 Å². The first-order valence-corrected chi connectivity index (χ1v) is 9.46. The summed E-state index contributed by atoms with van der Waals surface area (Å²) in [6.45, 7) is 4.39. The van der Waals surface area contributed by atoms with Crippen molar-refractivity contribution in [3.63, 3.8) is 0 Å². The second kappa shape index (κ2) is 8.12. The van der Waals surface area contributed by atoms with E-state index in [2.05, 4.69) is 37.6 Å². The van der Waals surface area contributed by atoms with Crippen molar-refractivity contribution in [2.45, 2.75) is 26.3 Å². The number of anilines is 3. The minimum Gasteiger partial charge on any atom is -0.467 e. The normalized spacial score (nSPS) is 13.5. The molecule has 2 N–H and O–H groups in total. The highest BCUT2D eigenvalue weighted by molar-refractivity contribution is 5.92. The van der Waals surface area contributed by atoms with Gasteiger partial charge in [-0.15, -0.1) is 0 Å². The van der Waals surface area contributed by atoms with Crippen molar-refractivity contribution >= 4 is 23.2 Å². The van der Waals surface area contributed by atoms with Crippen LogP contribution in [-0.2, 0) is 6.54 Å². The minimum atomic E-state index is -0.269. The lowest BCUT2D eigenvalue weighted by Crippen LogP contribution is -2.24. The molecule has 0 aliphatic carbocycles. The Morgan fingerprint density at radius 3 is 2.64 bits per heavy atom. The van der Waals surface area contributed by atoms with Crippen LogP contribution in [0.5, 0.6) is 0 Å². The van der Waals surface area contributed by atoms with Crippen LogP contribution >= 0.6 is 0 Å². The first-order chi connectivity index (χ1) is 13.7. The third-order valence-corrected chi connectivity index (χ3v) is 4.68. The summed E-state index contributed by atoms with van der Waals surface area (Å²) in [5.74, 6) is 0.821. The molecule has 7 heteroatoms. The van der Waals surface area contributed by atoms with Gasteiger partial charge in [0, 0.05) is 30.2 Å². The summed E-state index contributed by atoms with van der Waals surface area (Å²) in [6, 6.07) is 13.5. The van der Waals surface area contributed by atoms with Gasteiger partial charge in [0.25, 0.3) is 5.91 Å². The summed E-state index contributed by atoms with van der Waals surface area (Å²) < 4.78 is 5.23. The van der Waals surface area contributed by atoms with E-state index in [4.69, 9.17) is 4.42 Å². The molecule has 2 aromatic heterocycles. The van der Waals surface area contributed by atoms with E-state index in [9.17, 15) is 4.79 Å². The number of nitrogens with zero attached hydrogens (tertiary/aromatic N) is 3. The Kier molecular flexibility index (Phi) is 5.23. The number of benzene rings is 1. The SMILES string of the molecule is Cc1cc(C(=O)NCc2ccco2)nc(Nc2ccc(N3CCCC3)cc2)n1. The predicted octanol–water partition coefficient (Wildman–Crippen LogP) is 3.65. The topological polar surface area (TPSA) is 83.3 Å². The highest BCUT2D eigenvalue weighted by Crippen LogP contribution is 2.23. The second-order valence-electron chi connectivity index (χ2n) is 6.85. The minimum absolute atomic E-state index is 0.269. The number of hydrogen-bond donors (Lipinski definition) is 2. The molecular weight excluding hydrogens is 354 g/mol. The summed E-state index contributed by atoms with van der Waals surface area (Å²) in [5.41, 5.74) is 3.14. The lowest BCUT2D eigenvalue weighted by molar-refractivity contribution is 0.0943. The van der Waals surface area contributed by atoms with E-state index in [1.165, 1.54) is 18.5 Å². The summed E-state index contributed by atoms with van der Waals surface area (Å²) in [4.78, 5) is 23.5. The third-order valence-electron chi connectivity index (χ3n) is 4.68. The van der Waals surface area contributed by atoms with Crippen LogP contribution in [0.2, 0.25) is 0 Å². The van der Waals surface area contributed by atoms with Crippen LogP contribution in [0, 0.1) is 6.92 Å². The van der Waals surface area contributed by atoms with Crippen molar-refractivity contribution in [2.24, 2.45) is 0 Å². The maximum absolute atomic E-state index is 12.4. The molecule has 1 aromatic carbocycles. The van der Waals surface area contributed by atoms with Gasteiger partial charge >= 0.3 is 0 Å². The van der Waals surface area contributed by atoms with Gasteiger partial charge in [0.15, 0.2) is 0 Å². The fourth-order valence-corrected chi connectivity index (χ4v) is 3.27. The molecule has 1 saturated heterocycles.